The van der Waals surface area contributed by atoms with Crippen molar-refractivity contribution in [2.45, 2.75) is 53.5 Å². The van der Waals surface area contributed by atoms with Crippen LogP contribution in [0.3, 0.4) is 0 Å². The Morgan fingerprint density at radius 1 is 1.24 bits per heavy atom. The van der Waals surface area contributed by atoms with Gasteiger partial charge in [0.1, 0.15) is 5.78 Å². The molecule has 0 aliphatic heterocycles. The molecule has 17 heavy (non-hydrogen) atoms. The number of Topliss-reactive ketones (excluding diaryl/α,β-unsaturated/α-hetero) is 2. The lowest BCUT2D eigenvalue weighted by molar-refractivity contribution is -0.118. The summed E-state index contributed by atoms with van der Waals surface area (Å²) in [6.45, 7) is 8.35. The maximum absolute atomic E-state index is 12.0. The van der Waals surface area contributed by atoms with Crippen molar-refractivity contribution in [1.29, 1.82) is 0 Å². The molecule has 1 aromatic heterocycles. The zero-order chi connectivity index (χ0) is 13.0. The summed E-state index contributed by atoms with van der Waals surface area (Å²) in [6, 6.07) is 0. The van der Waals surface area contributed by atoms with Gasteiger partial charge in [0.2, 0.25) is 0 Å². The van der Waals surface area contributed by atoms with Gasteiger partial charge in [0.15, 0.2) is 5.78 Å². The molecule has 0 unspecified atom stereocenters. The van der Waals surface area contributed by atoms with Gasteiger partial charge in [0.25, 0.3) is 0 Å². The molecule has 0 fully saturated rings. The maximum Gasteiger partial charge on any atom is 0.173 e. The van der Waals surface area contributed by atoms with E-state index in [0.29, 0.717) is 12.0 Å². The number of aromatic nitrogens is 2. The first-order chi connectivity index (χ1) is 8.01. The quantitative estimate of drug-likeness (QED) is 0.563. The van der Waals surface area contributed by atoms with E-state index in [1.165, 1.54) is 0 Å². The molecule has 0 saturated carbocycles. The van der Waals surface area contributed by atoms with Crippen molar-refractivity contribution in [2.75, 3.05) is 0 Å². The van der Waals surface area contributed by atoms with Crippen molar-refractivity contribution in [3.63, 3.8) is 0 Å². The van der Waals surface area contributed by atoms with Crippen LogP contribution in [0.1, 0.15) is 54.9 Å². The lowest BCUT2D eigenvalue weighted by Gasteiger charge is -2.02. The molecule has 1 heterocycles. The van der Waals surface area contributed by atoms with Crippen molar-refractivity contribution in [3.05, 3.63) is 17.0 Å². The molecule has 0 radical (unpaired) electrons. The molecule has 0 aromatic carbocycles. The second-order valence-corrected chi connectivity index (χ2v) is 4.25. The summed E-state index contributed by atoms with van der Waals surface area (Å²) < 4.78 is 1.80. The third kappa shape index (κ3) is 3.02. The van der Waals surface area contributed by atoms with Crippen molar-refractivity contribution in [2.24, 2.45) is 0 Å². The average Bonchev–Trinajstić information content (AvgIpc) is 2.53. The predicted molar refractivity (Wildman–Crippen MR) is 66.2 cm³/mol. The molecule has 0 spiro atoms. The van der Waals surface area contributed by atoms with E-state index in [9.17, 15) is 9.59 Å². The van der Waals surface area contributed by atoms with Gasteiger partial charge in [-0.1, -0.05) is 6.92 Å². The Balaban J connectivity index is 2.89. The Morgan fingerprint density at radius 3 is 2.35 bits per heavy atom. The van der Waals surface area contributed by atoms with E-state index >= 15 is 0 Å². The predicted octanol–water partition coefficient (Wildman–Crippen LogP) is 2.46. The maximum atomic E-state index is 12.0. The van der Waals surface area contributed by atoms with Crippen LogP contribution < -0.4 is 0 Å². The molecule has 0 aliphatic carbocycles. The molecule has 0 N–H and O–H groups in total. The summed E-state index contributed by atoms with van der Waals surface area (Å²) >= 11 is 0. The summed E-state index contributed by atoms with van der Waals surface area (Å²) in [4.78, 5) is 23.5. The van der Waals surface area contributed by atoms with E-state index < -0.39 is 0 Å². The lowest BCUT2D eigenvalue weighted by atomic mass is 10.0. The Labute approximate surface area is 102 Å². The summed E-state index contributed by atoms with van der Waals surface area (Å²) in [6.07, 6.45) is 1.27. The zero-order valence-corrected chi connectivity index (χ0v) is 11.0. The molecular formula is C13H20N2O2. The number of ketones is 2. The molecule has 0 amide bonds. The summed E-state index contributed by atoms with van der Waals surface area (Å²) in [7, 11) is 0. The van der Waals surface area contributed by atoms with Crippen LogP contribution in [-0.2, 0) is 11.3 Å². The first kappa shape index (κ1) is 13.6. The smallest absolute Gasteiger partial charge is 0.173 e. The SMILES string of the molecule is CCCC(=O)CC(=O)c1c(C)nn(CC)c1C. The third-order valence-electron chi connectivity index (χ3n) is 2.85. The fourth-order valence-corrected chi connectivity index (χ4v) is 2.04. The van der Waals surface area contributed by atoms with Gasteiger partial charge in [-0.2, -0.15) is 5.10 Å². The molecule has 94 valence electrons. The highest BCUT2D eigenvalue weighted by Gasteiger charge is 2.19. The minimum Gasteiger partial charge on any atom is -0.299 e. The molecule has 1 rings (SSSR count). The molecule has 0 saturated heterocycles. The largest absolute Gasteiger partial charge is 0.299 e. The fraction of sp³-hybridized carbons (Fsp3) is 0.615. The first-order valence-electron chi connectivity index (χ1n) is 6.10. The molecule has 0 aliphatic rings. The van der Waals surface area contributed by atoms with Crippen molar-refractivity contribution in [3.8, 4) is 0 Å². The van der Waals surface area contributed by atoms with E-state index in [4.69, 9.17) is 0 Å². The highest BCUT2D eigenvalue weighted by molar-refractivity contribution is 6.09. The summed E-state index contributed by atoms with van der Waals surface area (Å²) in [5.41, 5.74) is 2.20. The Hall–Kier alpha value is -1.45. The van der Waals surface area contributed by atoms with Crippen LogP contribution in [0.5, 0.6) is 0 Å². The van der Waals surface area contributed by atoms with Crippen LogP contribution in [0, 0.1) is 13.8 Å². The minimum absolute atomic E-state index is 0.00489. The lowest BCUT2D eigenvalue weighted by Crippen LogP contribution is -2.10. The van der Waals surface area contributed by atoms with E-state index in [-0.39, 0.29) is 18.0 Å². The third-order valence-corrected chi connectivity index (χ3v) is 2.85. The second kappa shape index (κ2) is 5.75. The van der Waals surface area contributed by atoms with Gasteiger partial charge in [-0.3, -0.25) is 14.3 Å². The van der Waals surface area contributed by atoms with Crippen LogP contribution in [0.2, 0.25) is 0 Å². The normalized spacial score (nSPS) is 10.6. The number of carbonyl (C=O) groups excluding carboxylic acids is 2. The number of nitrogens with zero attached hydrogens (tertiary/aromatic N) is 2. The Bertz CT molecular complexity index is 433. The van der Waals surface area contributed by atoms with Crippen LogP contribution in [0.4, 0.5) is 0 Å². The zero-order valence-electron chi connectivity index (χ0n) is 11.0. The van der Waals surface area contributed by atoms with Crippen LogP contribution >= 0.6 is 0 Å². The molecular weight excluding hydrogens is 216 g/mol. The second-order valence-electron chi connectivity index (χ2n) is 4.25. The number of rotatable bonds is 6. The Kier molecular flexibility index (Phi) is 4.61. The molecule has 1 aromatic rings. The minimum atomic E-state index is -0.0989. The van der Waals surface area contributed by atoms with Crippen LogP contribution in [0.25, 0.3) is 0 Å². The molecule has 4 nitrogen and oxygen atoms in total. The standard InChI is InChI=1S/C13H20N2O2/c1-5-7-11(16)8-12(17)13-9(3)14-15(6-2)10(13)4/h5-8H2,1-4H3. The first-order valence-corrected chi connectivity index (χ1v) is 6.10. The van der Waals surface area contributed by atoms with Gasteiger partial charge in [0.05, 0.1) is 17.7 Å². The molecule has 0 atom stereocenters. The summed E-state index contributed by atoms with van der Waals surface area (Å²) in [5.74, 6) is -0.0845. The molecule has 0 bridgehead atoms. The van der Waals surface area contributed by atoms with E-state index in [1.807, 2.05) is 27.7 Å². The van der Waals surface area contributed by atoms with E-state index in [1.54, 1.807) is 4.68 Å². The average molecular weight is 236 g/mol. The van der Waals surface area contributed by atoms with E-state index in [0.717, 1.165) is 24.4 Å². The van der Waals surface area contributed by atoms with Gasteiger partial charge in [0, 0.05) is 18.7 Å². The van der Waals surface area contributed by atoms with Crippen molar-refractivity contribution >= 4 is 11.6 Å². The van der Waals surface area contributed by atoms with Crippen molar-refractivity contribution < 1.29 is 9.59 Å². The highest BCUT2D eigenvalue weighted by Crippen LogP contribution is 2.16. The fourth-order valence-electron chi connectivity index (χ4n) is 2.04. The monoisotopic (exact) mass is 236 g/mol. The van der Waals surface area contributed by atoms with Gasteiger partial charge < -0.3 is 0 Å². The number of carbonyl (C=O) groups is 2. The molecule has 4 heteroatoms. The number of hydrogen-bond donors (Lipinski definition) is 0. The topological polar surface area (TPSA) is 52.0 Å². The van der Waals surface area contributed by atoms with Gasteiger partial charge in [-0.15, -0.1) is 0 Å². The van der Waals surface area contributed by atoms with E-state index in [2.05, 4.69) is 5.10 Å². The Morgan fingerprint density at radius 2 is 1.88 bits per heavy atom. The van der Waals surface area contributed by atoms with Crippen LogP contribution in [0.15, 0.2) is 0 Å². The van der Waals surface area contributed by atoms with Crippen molar-refractivity contribution in [1.82, 2.24) is 9.78 Å². The number of hydrogen-bond acceptors (Lipinski definition) is 3. The summed E-state index contributed by atoms with van der Waals surface area (Å²) in [5, 5.41) is 4.29. The van der Waals surface area contributed by atoms with Crippen LogP contribution in [-0.4, -0.2) is 21.3 Å². The van der Waals surface area contributed by atoms with Gasteiger partial charge in [-0.05, 0) is 27.2 Å². The number of aryl methyl sites for hydroxylation is 2. The van der Waals surface area contributed by atoms with Gasteiger partial charge >= 0.3 is 0 Å². The highest BCUT2D eigenvalue weighted by atomic mass is 16.1. The van der Waals surface area contributed by atoms with Gasteiger partial charge in [-0.25, -0.2) is 0 Å².